The Kier molecular flexibility index (Phi) is 7.44. The number of aliphatic hydroxyl groups excluding tert-OH is 1. The number of aromatic nitrogens is 2. The minimum absolute atomic E-state index is 0.0627. The van der Waals surface area contributed by atoms with Crippen LogP contribution in [0.1, 0.15) is 23.2 Å². The molecule has 0 spiro atoms. The summed E-state index contributed by atoms with van der Waals surface area (Å²) in [7, 11) is 0. The van der Waals surface area contributed by atoms with Gasteiger partial charge in [0.2, 0.25) is 5.82 Å². The number of Topliss-reactive ketones (excluding diaryl/α,β-unsaturated/α-hetero) is 1. The number of morpholine rings is 1. The lowest BCUT2D eigenvalue weighted by atomic mass is 9.89. The van der Waals surface area contributed by atoms with Crippen molar-refractivity contribution < 1.29 is 23.8 Å². The fraction of sp³-hybridized carbons (Fsp3) is 0.571. The molecule has 8 nitrogen and oxygen atoms in total. The summed E-state index contributed by atoms with van der Waals surface area (Å²) in [5.41, 5.74) is 0.557. The van der Waals surface area contributed by atoms with Gasteiger partial charge in [-0.2, -0.15) is 4.37 Å². The molecule has 2 saturated heterocycles. The number of carbonyl (C=O) groups excluding carboxylic acids is 1. The Bertz CT molecular complexity index is 851. The lowest BCUT2D eigenvalue weighted by Crippen LogP contribution is -2.42. The van der Waals surface area contributed by atoms with Crippen molar-refractivity contribution in [3.8, 4) is 5.88 Å². The van der Waals surface area contributed by atoms with Crippen LogP contribution in [-0.4, -0.2) is 83.2 Å². The standard InChI is InChI=1S/C21H27FN4O4S/c22-17-3-1-15(2-4-17)19(28)16-5-7-25(8-6-16)13-18(27)14-30-21-20(23-31-24-21)26-9-11-29-12-10-26/h1-4,16,18,27H,5-14H2. The SMILES string of the molecule is O=C(c1ccc(F)cc1)C1CCN(CC(O)COc2nsnc2N2CCOCC2)CC1. The van der Waals surface area contributed by atoms with E-state index in [0.29, 0.717) is 37.0 Å². The van der Waals surface area contributed by atoms with Gasteiger partial charge in [-0.25, -0.2) is 4.39 Å². The van der Waals surface area contributed by atoms with E-state index in [2.05, 4.69) is 18.5 Å². The lowest BCUT2D eigenvalue weighted by molar-refractivity contribution is 0.0515. The molecule has 2 aliphatic rings. The number of aliphatic hydroxyl groups is 1. The second kappa shape index (κ2) is 10.4. The zero-order valence-corrected chi connectivity index (χ0v) is 18.1. The summed E-state index contributed by atoms with van der Waals surface area (Å²) in [6, 6.07) is 5.73. The first-order valence-corrected chi connectivity index (χ1v) is 11.3. The van der Waals surface area contributed by atoms with Gasteiger partial charge in [0.25, 0.3) is 5.88 Å². The molecular weight excluding hydrogens is 423 g/mol. The highest BCUT2D eigenvalue weighted by Crippen LogP contribution is 2.27. The number of ketones is 1. The largest absolute Gasteiger partial charge is 0.472 e. The molecule has 1 aromatic heterocycles. The number of nitrogens with zero attached hydrogens (tertiary/aromatic N) is 4. The summed E-state index contributed by atoms with van der Waals surface area (Å²) in [6.07, 6.45) is 0.783. The van der Waals surface area contributed by atoms with E-state index in [1.807, 2.05) is 0 Å². The van der Waals surface area contributed by atoms with E-state index in [1.54, 1.807) is 12.1 Å². The van der Waals surface area contributed by atoms with E-state index >= 15 is 0 Å². The van der Waals surface area contributed by atoms with Crippen molar-refractivity contribution in [3.05, 3.63) is 35.6 Å². The summed E-state index contributed by atoms with van der Waals surface area (Å²) in [5.74, 6) is 0.825. The Hall–Kier alpha value is -2.14. The quantitative estimate of drug-likeness (QED) is 0.610. The van der Waals surface area contributed by atoms with Crippen LogP contribution in [0.15, 0.2) is 24.3 Å². The smallest absolute Gasteiger partial charge is 0.270 e. The molecule has 3 heterocycles. The number of anilines is 1. The van der Waals surface area contributed by atoms with E-state index in [1.165, 1.54) is 12.1 Å². The predicted molar refractivity (Wildman–Crippen MR) is 114 cm³/mol. The van der Waals surface area contributed by atoms with E-state index in [0.717, 1.165) is 50.7 Å². The third-order valence-electron chi connectivity index (χ3n) is 5.72. The van der Waals surface area contributed by atoms with Crippen molar-refractivity contribution >= 4 is 23.3 Å². The lowest BCUT2D eigenvalue weighted by Gasteiger charge is -2.32. The maximum Gasteiger partial charge on any atom is 0.270 e. The van der Waals surface area contributed by atoms with Crippen molar-refractivity contribution in [1.82, 2.24) is 13.6 Å². The van der Waals surface area contributed by atoms with Crippen LogP contribution in [0.3, 0.4) is 0 Å². The number of benzene rings is 1. The van der Waals surface area contributed by atoms with Gasteiger partial charge in [0.1, 0.15) is 18.5 Å². The zero-order valence-electron chi connectivity index (χ0n) is 17.3. The molecule has 0 saturated carbocycles. The van der Waals surface area contributed by atoms with Crippen LogP contribution in [0, 0.1) is 11.7 Å². The Labute approximate surface area is 184 Å². The van der Waals surface area contributed by atoms with Crippen LogP contribution >= 0.6 is 11.7 Å². The van der Waals surface area contributed by atoms with Gasteiger partial charge in [-0.05, 0) is 50.2 Å². The molecule has 0 amide bonds. The highest BCUT2D eigenvalue weighted by atomic mass is 32.1. The van der Waals surface area contributed by atoms with Gasteiger partial charge in [0.15, 0.2) is 5.78 Å². The van der Waals surface area contributed by atoms with Gasteiger partial charge in [0, 0.05) is 31.1 Å². The summed E-state index contributed by atoms with van der Waals surface area (Å²) in [5, 5.41) is 10.4. The predicted octanol–water partition coefficient (Wildman–Crippen LogP) is 1.85. The molecular formula is C21H27FN4O4S. The summed E-state index contributed by atoms with van der Waals surface area (Å²) < 4.78 is 32.7. The van der Waals surface area contributed by atoms with Crippen molar-refractivity contribution in [2.75, 3.05) is 57.4 Å². The number of halogens is 1. The number of hydrogen-bond donors (Lipinski definition) is 1. The van der Waals surface area contributed by atoms with Crippen molar-refractivity contribution in [2.24, 2.45) is 5.92 Å². The summed E-state index contributed by atoms with van der Waals surface area (Å²) in [4.78, 5) is 16.8. The van der Waals surface area contributed by atoms with Crippen molar-refractivity contribution in [3.63, 3.8) is 0 Å². The van der Waals surface area contributed by atoms with Crippen LogP contribution in [-0.2, 0) is 4.74 Å². The number of likely N-dealkylation sites (tertiary alicyclic amines) is 1. The third-order valence-corrected chi connectivity index (χ3v) is 6.22. The molecule has 2 aromatic rings. The molecule has 0 aliphatic carbocycles. The van der Waals surface area contributed by atoms with Gasteiger partial charge in [-0.1, -0.05) is 0 Å². The summed E-state index contributed by atoms with van der Waals surface area (Å²) in [6.45, 7) is 4.86. The second-order valence-corrected chi connectivity index (χ2v) is 8.43. The van der Waals surface area contributed by atoms with Crippen LogP contribution in [0.25, 0.3) is 0 Å². The molecule has 1 N–H and O–H groups in total. The first-order chi connectivity index (χ1) is 15.1. The number of carbonyl (C=O) groups is 1. The highest BCUT2D eigenvalue weighted by Gasteiger charge is 2.27. The Morgan fingerprint density at radius 3 is 2.61 bits per heavy atom. The maximum absolute atomic E-state index is 13.1. The minimum Gasteiger partial charge on any atom is -0.472 e. The first kappa shape index (κ1) is 22.1. The van der Waals surface area contributed by atoms with Gasteiger partial charge < -0.3 is 24.4 Å². The molecule has 2 fully saturated rings. The first-order valence-electron chi connectivity index (χ1n) is 10.6. The monoisotopic (exact) mass is 450 g/mol. The van der Waals surface area contributed by atoms with E-state index in [-0.39, 0.29) is 24.1 Å². The number of ether oxygens (including phenoxy) is 2. The third kappa shape index (κ3) is 5.76. The molecule has 2 aliphatic heterocycles. The molecule has 1 unspecified atom stereocenters. The highest BCUT2D eigenvalue weighted by molar-refractivity contribution is 6.99. The molecule has 31 heavy (non-hydrogen) atoms. The van der Waals surface area contributed by atoms with Gasteiger partial charge in [0.05, 0.1) is 24.9 Å². The molecule has 0 bridgehead atoms. The maximum atomic E-state index is 13.1. The zero-order chi connectivity index (χ0) is 21.6. The molecule has 1 aromatic carbocycles. The van der Waals surface area contributed by atoms with Crippen LogP contribution in [0.4, 0.5) is 10.2 Å². The minimum atomic E-state index is -0.663. The number of piperidine rings is 1. The normalized spacial score (nSPS) is 19.4. The Morgan fingerprint density at radius 2 is 1.90 bits per heavy atom. The van der Waals surface area contributed by atoms with Gasteiger partial charge in [-0.3, -0.25) is 4.79 Å². The van der Waals surface area contributed by atoms with E-state index in [9.17, 15) is 14.3 Å². The average Bonchev–Trinajstić information content (AvgIpc) is 3.28. The average molecular weight is 451 g/mol. The summed E-state index contributed by atoms with van der Waals surface area (Å²) >= 11 is 1.10. The van der Waals surface area contributed by atoms with E-state index in [4.69, 9.17) is 9.47 Å². The van der Waals surface area contributed by atoms with E-state index < -0.39 is 6.10 Å². The fourth-order valence-electron chi connectivity index (χ4n) is 3.99. The number of rotatable bonds is 8. The van der Waals surface area contributed by atoms with Crippen molar-refractivity contribution in [1.29, 1.82) is 0 Å². The molecule has 10 heteroatoms. The Balaban J connectivity index is 1.21. The Morgan fingerprint density at radius 1 is 1.19 bits per heavy atom. The second-order valence-electron chi connectivity index (χ2n) is 7.90. The number of β-amino-alcohol motifs (C(OH)–C–C–N with tert-alkyl or cyclic N) is 1. The van der Waals surface area contributed by atoms with Crippen molar-refractivity contribution in [2.45, 2.75) is 18.9 Å². The molecule has 4 rings (SSSR count). The molecule has 1 atom stereocenters. The fourth-order valence-corrected chi connectivity index (χ4v) is 4.51. The number of hydrogen-bond acceptors (Lipinski definition) is 9. The van der Waals surface area contributed by atoms with Crippen LogP contribution in [0.5, 0.6) is 5.88 Å². The van der Waals surface area contributed by atoms with Gasteiger partial charge >= 0.3 is 0 Å². The topological polar surface area (TPSA) is 88.0 Å². The van der Waals surface area contributed by atoms with Gasteiger partial charge in [-0.15, -0.1) is 4.37 Å². The molecule has 0 radical (unpaired) electrons. The van der Waals surface area contributed by atoms with Crippen LogP contribution in [0.2, 0.25) is 0 Å². The molecule has 168 valence electrons. The van der Waals surface area contributed by atoms with Crippen LogP contribution < -0.4 is 9.64 Å².